The molecule has 5 atom stereocenters. The number of nitro benzene ring substituents is 2. The molecule has 1 fully saturated rings. The van der Waals surface area contributed by atoms with Gasteiger partial charge in [-0.2, -0.15) is 0 Å². The van der Waals surface area contributed by atoms with Crippen LogP contribution in [0.3, 0.4) is 0 Å². The van der Waals surface area contributed by atoms with Gasteiger partial charge in [-0.05, 0) is 23.8 Å². The van der Waals surface area contributed by atoms with Gasteiger partial charge in [0.1, 0.15) is 25.1 Å². The zero-order chi connectivity index (χ0) is 34.8. The van der Waals surface area contributed by atoms with E-state index < -0.39 is 95.2 Å². The maximum Gasteiger partial charge on any atom is 0.514 e. The van der Waals surface area contributed by atoms with Crippen LogP contribution in [0.5, 0.6) is 11.5 Å². The summed E-state index contributed by atoms with van der Waals surface area (Å²) in [6, 6.07) is 7.96. The number of nitro groups is 2. The highest BCUT2D eigenvalue weighted by Gasteiger charge is 2.53. The van der Waals surface area contributed by atoms with Crippen LogP contribution in [-0.2, 0) is 54.2 Å². The molecular weight excluding hydrogens is 636 g/mol. The van der Waals surface area contributed by atoms with Crippen LogP contribution in [0, 0.1) is 20.2 Å². The first-order valence-electron chi connectivity index (χ1n) is 13.5. The molecular formula is C28H28N2O17. The van der Waals surface area contributed by atoms with E-state index in [1.807, 2.05) is 0 Å². The topological polar surface area (TPSA) is 245 Å². The van der Waals surface area contributed by atoms with E-state index in [1.54, 1.807) is 0 Å². The average molecular weight is 665 g/mol. The van der Waals surface area contributed by atoms with E-state index in [1.165, 1.54) is 18.2 Å². The van der Waals surface area contributed by atoms with Crippen molar-refractivity contribution in [1.82, 2.24) is 0 Å². The predicted molar refractivity (Wildman–Crippen MR) is 150 cm³/mol. The van der Waals surface area contributed by atoms with Crippen LogP contribution in [0.4, 0.5) is 16.2 Å². The number of benzene rings is 2. The monoisotopic (exact) mass is 664 g/mol. The summed E-state index contributed by atoms with van der Waals surface area (Å²) in [5, 5.41) is 22.8. The van der Waals surface area contributed by atoms with E-state index in [-0.39, 0.29) is 17.0 Å². The Hall–Kier alpha value is -5.85. The Kier molecular flexibility index (Phi) is 12.1. The molecule has 0 aliphatic carbocycles. The van der Waals surface area contributed by atoms with Gasteiger partial charge >= 0.3 is 35.7 Å². The number of esters is 4. The lowest BCUT2D eigenvalue weighted by atomic mass is 9.98. The van der Waals surface area contributed by atoms with Crippen LogP contribution in [0.15, 0.2) is 42.5 Å². The van der Waals surface area contributed by atoms with Crippen molar-refractivity contribution in [1.29, 1.82) is 0 Å². The lowest BCUT2D eigenvalue weighted by Crippen LogP contribution is -2.63. The van der Waals surface area contributed by atoms with Crippen molar-refractivity contribution in [3.63, 3.8) is 0 Å². The van der Waals surface area contributed by atoms with Gasteiger partial charge in [-0.3, -0.25) is 39.4 Å². The van der Waals surface area contributed by atoms with Gasteiger partial charge in [0.05, 0.1) is 9.85 Å². The van der Waals surface area contributed by atoms with Gasteiger partial charge < -0.3 is 37.9 Å². The fraction of sp³-hybridized carbons (Fsp3) is 0.393. The largest absolute Gasteiger partial charge is 0.514 e. The van der Waals surface area contributed by atoms with Crippen molar-refractivity contribution in [3.05, 3.63) is 68.3 Å². The zero-order valence-corrected chi connectivity index (χ0v) is 25.2. The van der Waals surface area contributed by atoms with Gasteiger partial charge in [0.2, 0.25) is 12.4 Å². The molecule has 2 aromatic carbocycles. The molecule has 0 aromatic heterocycles. The maximum absolute atomic E-state index is 12.1. The number of non-ortho nitro benzene ring substituents is 1. The summed E-state index contributed by atoms with van der Waals surface area (Å²) in [6.45, 7) is 3.11. The minimum Gasteiger partial charge on any atom is -0.463 e. The molecule has 19 heteroatoms. The number of nitrogens with zero attached hydrogens (tertiary/aromatic N) is 2. The third-order valence-electron chi connectivity index (χ3n) is 6.02. The van der Waals surface area contributed by atoms with Crippen molar-refractivity contribution in [2.24, 2.45) is 0 Å². The summed E-state index contributed by atoms with van der Waals surface area (Å²) < 4.78 is 42.3. The average Bonchev–Trinajstić information content (AvgIpc) is 2.98. The second-order valence-corrected chi connectivity index (χ2v) is 9.64. The molecule has 0 unspecified atom stereocenters. The quantitative estimate of drug-likeness (QED) is 0.104. The van der Waals surface area contributed by atoms with Crippen molar-refractivity contribution >= 4 is 41.4 Å². The minimum atomic E-state index is -1.74. The molecule has 19 nitrogen and oxygen atoms in total. The number of hydrogen-bond acceptors (Lipinski definition) is 17. The highest BCUT2D eigenvalue weighted by Crippen LogP contribution is 2.35. The van der Waals surface area contributed by atoms with E-state index in [2.05, 4.69) is 0 Å². The molecule has 0 N–H and O–H groups in total. The first kappa shape index (κ1) is 35.6. The summed E-state index contributed by atoms with van der Waals surface area (Å²) in [4.78, 5) is 80.9. The third-order valence-corrected chi connectivity index (χ3v) is 6.02. The summed E-state index contributed by atoms with van der Waals surface area (Å²) in [7, 11) is 0. The van der Waals surface area contributed by atoms with Crippen LogP contribution >= 0.6 is 0 Å². The van der Waals surface area contributed by atoms with Crippen LogP contribution in [-0.4, -0.2) is 77.2 Å². The summed E-state index contributed by atoms with van der Waals surface area (Å²) >= 11 is 0. The number of ether oxygens (including phenoxy) is 8. The first-order chi connectivity index (χ1) is 22.1. The molecule has 1 aliphatic heterocycles. The molecule has 0 radical (unpaired) electrons. The normalized spacial score (nSPS) is 20.1. The fourth-order valence-corrected chi connectivity index (χ4v) is 4.21. The molecule has 0 amide bonds. The van der Waals surface area contributed by atoms with Gasteiger partial charge in [0, 0.05) is 45.9 Å². The number of carbonyl (C=O) groups is 5. The van der Waals surface area contributed by atoms with Crippen molar-refractivity contribution < 1.29 is 71.7 Å². The summed E-state index contributed by atoms with van der Waals surface area (Å²) in [5.74, 6) is -3.89. The second kappa shape index (κ2) is 15.9. The number of carbonyl (C=O) groups excluding carboxylic acids is 5. The van der Waals surface area contributed by atoms with E-state index >= 15 is 0 Å². The van der Waals surface area contributed by atoms with Gasteiger partial charge in [-0.1, -0.05) is 6.07 Å². The maximum atomic E-state index is 12.1. The highest BCUT2D eigenvalue weighted by molar-refractivity contribution is 5.69. The molecule has 252 valence electrons. The minimum absolute atomic E-state index is 0.0554. The molecule has 1 saturated heterocycles. The number of hydrogen-bond donors (Lipinski definition) is 0. The van der Waals surface area contributed by atoms with Crippen LogP contribution < -0.4 is 9.47 Å². The van der Waals surface area contributed by atoms with Crippen molar-refractivity contribution in [2.45, 2.75) is 65.0 Å². The van der Waals surface area contributed by atoms with E-state index in [4.69, 9.17) is 37.9 Å². The highest BCUT2D eigenvalue weighted by atomic mass is 16.7. The standard InChI is InChI=1S/C28H28N2O17/c1-14(31)40-13-23-24(42-15(2)32)25(43-16(3)33)26(44-17(4)34)27(47-23)46-22-10-5-18(11-21(22)30(38)39)12-41-28(35)45-20-8-6-19(7-9-20)29(36)37/h5-11,23-27H,12-13H2,1-4H3/t23-,24+,25+,26-,27-/m1/s1. The van der Waals surface area contributed by atoms with E-state index in [9.17, 15) is 44.2 Å². The van der Waals surface area contributed by atoms with Crippen LogP contribution in [0.2, 0.25) is 0 Å². The van der Waals surface area contributed by atoms with Crippen molar-refractivity contribution in [3.8, 4) is 11.5 Å². The summed E-state index contributed by atoms with van der Waals surface area (Å²) in [5.41, 5.74) is -0.793. The molecule has 0 saturated carbocycles. The van der Waals surface area contributed by atoms with Gasteiger partial charge in [0.15, 0.2) is 18.0 Å². The predicted octanol–water partition coefficient (Wildman–Crippen LogP) is 2.68. The van der Waals surface area contributed by atoms with Crippen molar-refractivity contribution in [2.75, 3.05) is 6.61 Å². The second-order valence-electron chi connectivity index (χ2n) is 9.64. The van der Waals surface area contributed by atoms with Gasteiger partial charge in [0.25, 0.3) is 5.69 Å². The van der Waals surface area contributed by atoms with Crippen LogP contribution in [0.1, 0.15) is 33.3 Å². The molecule has 3 rings (SSSR count). The zero-order valence-electron chi connectivity index (χ0n) is 25.2. The van der Waals surface area contributed by atoms with E-state index in [0.717, 1.165) is 52.0 Å². The van der Waals surface area contributed by atoms with E-state index in [0.29, 0.717) is 0 Å². The molecule has 0 bridgehead atoms. The Morgan fingerprint density at radius 2 is 1.34 bits per heavy atom. The van der Waals surface area contributed by atoms with Crippen LogP contribution in [0.25, 0.3) is 0 Å². The Morgan fingerprint density at radius 3 is 1.89 bits per heavy atom. The third kappa shape index (κ3) is 10.3. The molecule has 1 heterocycles. The SMILES string of the molecule is CC(=O)OC[C@H]1O[C@@H](Oc2ccc(COC(=O)Oc3ccc([N+](=O)[O-])cc3)cc2[N+](=O)[O-])[C@H](OC(C)=O)[C@@H](OC(C)=O)[C@H]1OC(C)=O. The smallest absolute Gasteiger partial charge is 0.463 e. The van der Waals surface area contributed by atoms with Gasteiger partial charge in [-0.25, -0.2) is 4.79 Å². The summed E-state index contributed by atoms with van der Waals surface area (Å²) in [6.07, 6.45) is -9.01. The first-order valence-corrected chi connectivity index (χ1v) is 13.5. The lowest BCUT2D eigenvalue weighted by molar-refractivity contribution is -0.387. The Balaban J connectivity index is 1.86. The molecule has 0 spiro atoms. The molecule has 2 aromatic rings. The number of rotatable bonds is 12. The Morgan fingerprint density at radius 1 is 0.745 bits per heavy atom. The lowest BCUT2D eigenvalue weighted by Gasteiger charge is -2.43. The van der Waals surface area contributed by atoms with Gasteiger partial charge in [-0.15, -0.1) is 0 Å². The fourth-order valence-electron chi connectivity index (χ4n) is 4.21. The molecule has 47 heavy (non-hydrogen) atoms. The Labute approximate surface area is 264 Å². The Bertz CT molecular complexity index is 1530. The molecule has 1 aliphatic rings.